The van der Waals surface area contributed by atoms with Crippen LogP contribution in [-0.4, -0.2) is 37.3 Å². The molecule has 0 aromatic carbocycles. The van der Waals surface area contributed by atoms with Crippen molar-refractivity contribution in [1.29, 1.82) is 0 Å². The molecule has 0 bridgehead atoms. The molecule has 0 amide bonds. The summed E-state index contributed by atoms with van der Waals surface area (Å²) in [5, 5.41) is 0. The van der Waals surface area contributed by atoms with Crippen LogP contribution in [-0.2, 0) is 0 Å². The summed E-state index contributed by atoms with van der Waals surface area (Å²) < 4.78 is 37.7. The fraction of sp³-hybridized carbons (Fsp3) is 1.00. The normalized spacial score (nSPS) is 22.9. The van der Waals surface area contributed by atoms with Crippen molar-refractivity contribution in [3.05, 3.63) is 0 Å². The molecule has 102 valence electrons. The second-order valence-electron chi connectivity index (χ2n) is 4.88. The van der Waals surface area contributed by atoms with Crippen LogP contribution in [0.15, 0.2) is 0 Å². The van der Waals surface area contributed by atoms with E-state index in [1.165, 1.54) is 0 Å². The molecule has 2 N–H and O–H groups in total. The van der Waals surface area contributed by atoms with Gasteiger partial charge in [0.15, 0.2) is 0 Å². The summed E-state index contributed by atoms with van der Waals surface area (Å²) in [6, 6.07) is 0. The summed E-state index contributed by atoms with van der Waals surface area (Å²) in [7, 11) is 0. The highest BCUT2D eigenvalue weighted by Gasteiger charge is 2.41. The lowest BCUT2D eigenvalue weighted by atomic mass is 9.97. The number of likely N-dealkylation sites (tertiary alicyclic amines) is 1. The lowest BCUT2D eigenvalue weighted by molar-refractivity contribution is -0.186. The smallest absolute Gasteiger partial charge is 0.330 e. The van der Waals surface area contributed by atoms with E-state index < -0.39 is 12.1 Å². The van der Waals surface area contributed by atoms with Gasteiger partial charge in [-0.25, -0.2) is 0 Å². The number of nitrogens with zero attached hydrogens (tertiary/aromatic N) is 1. The largest absolute Gasteiger partial charge is 0.393 e. The van der Waals surface area contributed by atoms with E-state index in [9.17, 15) is 13.2 Å². The first-order valence-electron chi connectivity index (χ1n) is 6.53. The Labute approximate surface area is 101 Å². The summed E-state index contributed by atoms with van der Waals surface area (Å²) in [4.78, 5) is 1.96. The molecular formula is C12H23F3N2. The molecule has 17 heavy (non-hydrogen) atoms. The minimum Gasteiger partial charge on any atom is -0.330 e. The van der Waals surface area contributed by atoms with Crippen molar-refractivity contribution in [1.82, 2.24) is 4.90 Å². The van der Waals surface area contributed by atoms with Crippen LogP contribution < -0.4 is 5.73 Å². The van der Waals surface area contributed by atoms with Gasteiger partial charge in [0.05, 0.1) is 5.92 Å². The Morgan fingerprint density at radius 1 is 1.12 bits per heavy atom. The topological polar surface area (TPSA) is 29.3 Å². The van der Waals surface area contributed by atoms with Gasteiger partial charge in [-0.15, -0.1) is 0 Å². The van der Waals surface area contributed by atoms with Crippen LogP contribution >= 0.6 is 0 Å². The Hall–Kier alpha value is -0.290. The highest BCUT2D eigenvalue weighted by molar-refractivity contribution is 4.77. The number of hydrogen-bond acceptors (Lipinski definition) is 2. The minimum absolute atomic E-state index is 0.195. The first-order chi connectivity index (χ1) is 8.04. The highest BCUT2D eigenvalue weighted by atomic mass is 19.4. The van der Waals surface area contributed by atoms with Crippen LogP contribution in [0.5, 0.6) is 0 Å². The minimum atomic E-state index is -4.02. The number of rotatable bonds is 6. The number of unbranched alkanes of at least 4 members (excludes halogenated alkanes) is 3. The molecule has 0 aliphatic carbocycles. The van der Waals surface area contributed by atoms with Crippen LogP contribution in [0, 0.1) is 5.92 Å². The second-order valence-corrected chi connectivity index (χ2v) is 4.88. The van der Waals surface area contributed by atoms with Crippen molar-refractivity contribution < 1.29 is 13.2 Å². The third-order valence-corrected chi connectivity index (χ3v) is 3.40. The predicted octanol–water partition coefficient (Wildman–Crippen LogP) is 2.78. The summed E-state index contributed by atoms with van der Waals surface area (Å²) in [6.07, 6.45) is 1.13. The summed E-state index contributed by atoms with van der Waals surface area (Å²) in [6.45, 7) is 2.53. The molecule has 0 saturated carbocycles. The molecule has 2 nitrogen and oxygen atoms in total. The summed E-state index contributed by atoms with van der Waals surface area (Å²) in [5.41, 5.74) is 5.38. The molecule has 0 spiro atoms. The maximum absolute atomic E-state index is 12.6. The number of alkyl halides is 3. The van der Waals surface area contributed by atoms with Crippen LogP contribution in [0.3, 0.4) is 0 Å². The summed E-state index contributed by atoms with van der Waals surface area (Å²) in [5.74, 6) is -1.11. The van der Waals surface area contributed by atoms with Gasteiger partial charge in [-0.05, 0) is 45.3 Å². The predicted molar refractivity (Wildman–Crippen MR) is 62.7 cm³/mol. The van der Waals surface area contributed by atoms with E-state index in [0.29, 0.717) is 19.4 Å². The Kier molecular flexibility index (Phi) is 6.27. The van der Waals surface area contributed by atoms with Gasteiger partial charge >= 0.3 is 6.18 Å². The van der Waals surface area contributed by atoms with Gasteiger partial charge in [0.1, 0.15) is 0 Å². The van der Waals surface area contributed by atoms with Gasteiger partial charge in [-0.2, -0.15) is 13.2 Å². The lowest BCUT2D eigenvalue weighted by Crippen LogP contribution is -2.42. The number of halogens is 3. The molecule has 1 aliphatic heterocycles. The number of piperidine rings is 1. The Bertz CT molecular complexity index is 206. The molecule has 5 heteroatoms. The Morgan fingerprint density at radius 3 is 2.47 bits per heavy atom. The molecule has 1 aliphatic rings. The molecule has 1 heterocycles. The maximum Gasteiger partial charge on any atom is 0.393 e. The third kappa shape index (κ3) is 5.73. The average molecular weight is 252 g/mol. The fourth-order valence-corrected chi connectivity index (χ4v) is 2.36. The molecule has 0 aromatic rings. The Balaban J connectivity index is 2.17. The van der Waals surface area contributed by atoms with Gasteiger partial charge in [-0.3, -0.25) is 0 Å². The van der Waals surface area contributed by atoms with E-state index >= 15 is 0 Å². The number of nitrogens with two attached hydrogens (primary N) is 1. The second kappa shape index (κ2) is 7.21. The van der Waals surface area contributed by atoms with Crippen molar-refractivity contribution in [3.63, 3.8) is 0 Å². The van der Waals surface area contributed by atoms with Crippen LogP contribution in [0.25, 0.3) is 0 Å². The van der Waals surface area contributed by atoms with Gasteiger partial charge in [0, 0.05) is 6.54 Å². The van der Waals surface area contributed by atoms with Crippen molar-refractivity contribution in [2.45, 2.75) is 44.7 Å². The molecular weight excluding hydrogens is 229 g/mol. The third-order valence-electron chi connectivity index (χ3n) is 3.40. The zero-order chi connectivity index (χ0) is 12.7. The van der Waals surface area contributed by atoms with Crippen molar-refractivity contribution in [2.24, 2.45) is 11.7 Å². The molecule has 1 unspecified atom stereocenters. The SMILES string of the molecule is NCCCCCCN1CCCC(C(F)(F)F)C1. The lowest BCUT2D eigenvalue weighted by Gasteiger charge is -2.33. The van der Waals surface area contributed by atoms with E-state index in [-0.39, 0.29) is 6.54 Å². The molecule has 1 saturated heterocycles. The number of hydrogen-bond donors (Lipinski definition) is 1. The van der Waals surface area contributed by atoms with Gasteiger partial charge < -0.3 is 10.6 Å². The first-order valence-corrected chi connectivity index (χ1v) is 6.53. The van der Waals surface area contributed by atoms with E-state index in [4.69, 9.17) is 5.73 Å². The zero-order valence-corrected chi connectivity index (χ0v) is 10.3. The van der Waals surface area contributed by atoms with Crippen LogP contribution in [0.2, 0.25) is 0 Å². The maximum atomic E-state index is 12.6. The standard InChI is InChI=1S/C12H23F3N2/c13-12(14,15)11-6-5-9-17(10-11)8-4-2-1-3-7-16/h11H,1-10,16H2. The van der Waals surface area contributed by atoms with Crippen molar-refractivity contribution >= 4 is 0 Å². The van der Waals surface area contributed by atoms with Crippen molar-refractivity contribution in [2.75, 3.05) is 26.2 Å². The van der Waals surface area contributed by atoms with Gasteiger partial charge in [0.25, 0.3) is 0 Å². The van der Waals surface area contributed by atoms with E-state index in [1.807, 2.05) is 4.90 Å². The zero-order valence-electron chi connectivity index (χ0n) is 10.3. The van der Waals surface area contributed by atoms with Gasteiger partial charge in [0.2, 0.25) is 0 Å². The van der Waals surface area contributed by atoms with E-state index in [2.05, 4.69) is 0 Å². The monoisotopic (exact) mass is 252 g/mol. The van der Waals surface area contributed by atoms with E-state index in [1.54, 1.807) is 0 Å². The highest BCUT2D eigenvalue weighted by Crippen LogP contribution is 2.33. The Morgan fingerprint density at radius 2 is 1.82 bits per heavy atom. The molecule has 1 rings (SSSR count). The molecule has 0 aromatic heterocycles. The average Bonchev–Trinajstić information content (AvgIpc) is 2.28. The molecule has 1 atom stereocenters. The van der Waals surface area contributed by atoms with Crippen LogP contribution in [0.4, 0.5) is 13.2 Å². The first kappa shape index (κ1) is 14.8. The van der Waals surface area contributed by atoms with E-state index in [0.717, 1.165) is 38.8 Å². The quantitative estimate of drug-likeness (QED) is 0.736. The molecule has 0 radical (unpaired) electrons. The van der Waals surface area contributed by atoms with Gasteiger partial charge in [-0.1, -0.05) is 12.8 Å². The fourth-order valence-electron chi connectivity index (χ4n) is 2.36. The van der Waals surface area contributed by atoms with Crippen LogP contribution in [0.1, 0.15) is 38.5 Å². The summed E-state index contributed by atoms with van der Waals surface area (Å²) >= 11 is 0. The van der Waals surface area contributed by atoms with Crippen molar-refractivity contribution in [3.8, 4) is 0 Å². The molecule has 1 fully saturated rings.